The Morgan fingerprint density at radius 1 is 1.07 bits per heavy atom. The van der Waals surface area contributed by atoms with Gasteiger partial charge in [-0.25, -0.2) is 17.9 Å². The molecule has 4 rings (SSSR count). The molecule has 11 nitrogen and oxygen atoms in total. The first kappa shape index (κ1) is 29.2. The number of fused-ring (bicyclic) bond motifs is 1. The number of ether oxygens (including phenoxy) is 1. The number of benzene rings is 3. The maximum Gasteiger partial charge on any atom is 0.330 e. The average molecular weight is 576 g/mol. The van der Waals surface area contributed by atoms with E-state index in [4.69, 9.17) is 4.74 Å². The molecule has 1 amide bonds. The third-order valence-electron chi connectivity index (χ3n) is 6.19. The van der Waals surface area contributed by atoms with Crippen LogP contribution in [0, 0.1) is 6.92 Å². The Morgan fingerprint density at radius 2 is 1.76 bits per heavy atom. The lowest BCUT2D eigenvalue weighted by molar-refractivity contribution is -0.144. The third-order valence-corrected chi connectivity index (χ3v) is 7.37. The number of aryl methyl sites for hydroxylation is 2. The molecule has 3 aromatic carbocycles. The van der Waals surface area contributed by atoms with Gasteiger partial charge in [-0.15, -0.1) is 5.10 Å². The molecule has 1 aromatic heterocycles. The molecule has 12 heteroatoms. The summed E-state index contributed by atoms with van der Waals surface area (Å²) in [6.45, 7) is 5.21. The van der Waals surface area contributed by atoms with E-state index >= 15 is 0 Å². The second-order valence-electron chi connectivity index (χ2n) is 9.28. The summed E-state index contributed by atoms with van der Waals surface area (Å²) in [4.78, 5) is 38.8. The van der Waals surface area contributed by atoms with E-state index in [1.807, 2.05) is 19.1 Å². The molecular formula is C29H29N5O6S. The molecule has 1 heterocycles. The van der Waals surface area contributed by atoms with E-state index in [2.05, 4.69) is 22.2 Å². The fourth-order valence-electron chi connectivity index (χ4n) is 4.18. The standard InChI is InChI=1S/C29H29N5O6S/c1-4-19-40-29(37)26(17-18-33-28(36)24-7-5-6-8-25(24)31-32-33)34(41(3,38)39)23-15-11-21(12-16-23)27(35)30-22-13-9-20(2)10-14-22/h4-16,26H,1,17-19H2,2-3H3,(H,30,35). The lowest BCUT2D eigenvalue weighted by atomic mass is 10.1. The Hall–Kier alpha value is -4.84. The van der Waals surface area contributed by atoms with Crippen molar-refractivity contribution in [3.63, 3.8) is 0 Å². The number of rotatable bonds is 11. The van der Waals surface area contributed by atoms with Crippen molar-refractivity contribution in [2.75, 3.05) is 22.5 Å². The minimum atomic E-state index is -4.04. The molecule has 0 saturated heterocycles. The largest absolute Gasteiger partial charge is 0.460 e. The molecule has 0 aliphatic carbocycles. The number of carbonyl (C=O) groups excluding carboxylic acids is 2. The SMILES string of the molecule is C=CCOC(=O)C(CCn1nnc2ccccc2c1=O)N(c1ccc(C(=O)Nc2ccc(C)cc2)cc1)S(C)(=O)=O. The van der Waals surface area contributed by atoms with Gasteiger partial charge in [0.15, 0.2) is 0 Å². The summed E-state index contributed by atoms with van der Waals surface area (Å²) in [6, 6.07) is 18.4. The molecule has 0 bridgehead atoms. The van der Waals surface area contributed by atoms with Gasteiger partial charge in [0.05, 0.1) is 17.3 Å². The number of aromatic nitrogens is 3. The Labute approximate surface area is 237 Å². The van der Waals surface area contributed by atoms with Crippen LogP contribution in [0.5, 0.6) is 0 Å². The quantitative estimate of drug-likeness (QED) is 0.212. The van der Waals surface area contributed by atoms with Crippen LogP contribution < -0.4 is 15.2 Å². The van der Waals surface area contributed by atoms with Crippen molar-refractivity contribution in [3.8, 4) is 0 Å². The van der Waals surface area contributed by atoms with Crippen LogP contribution >= 0.6 is 0 Å². The van der Waals surface area contributed by atoms with Gasteiger partial charge in [-0.3, -0.25) is 13.9 Å². The summed E-state index contributed by atoms with van der Waals surface area (Å²) in [5, 5.41) is 11.1. The van der Waals surface area contributed by atoms with Gasteiger partial charge < -0.3 is 10.1 Å². The Morgan fingerprint density at radius 3 is 2.41 bits per heavy atom. The van der Waals surface area contributed by atoms with Crippen LogP contribution in [-0.2, 0) is 26.1 Å². The Kier molecular flexibility index (Phi) is 8.93. The highest BCUT2D eigenvalue weighted by molar-refractivity contribution is 7.92. The normalized spacial score (nSPS) is 12.0. The minimum absolute atomic E-state index is 0.117. The van der Waals surface area contributed by atoms with E-state index in [1.54, 1.807) is 36.4 Å². The number of sulfonamides is 1. The number of nitrogens with one attached hydrogen (secondary N) is 1. The van der Waals surface area contributed by atoms with Crippen LogP contribution in [0.1, 0.15) is 22.3 Å². The van der Waals surface area contributed by atoms with E-state index in [0.29, 0.717) is 16.6 Å². The number of anilines is 2. The topological polar surface area (TPSA) is 141 Å². The second-order valence-corrected chi connectivity index (χ2v) is 11.1. The molecule has 4 aromatic rings. The van der Waals surface area contributed by atoms with Crippen LogP contribution in [0.15, 0.2) is 90.2 Å². The van der Waals surface area contributed by atoms with Gasteiger partial charge in [-0.2, -0.15) is 0 Å². The van der Waals surface area contributed by atoms with Gasteiger partial charge in [0.25, 0.3) is 11.5 Å². The monoisotopic (exact) mass is 575 g/mol. The highest BCUT2D eigenvalue weighted by Gasteiger charge is 2.34. The molecule has 0 saturated carbocycles. The van der Waals surface area contributed by atoms with Crippen LogP contribution in [-0.4, -0.2) is 54.2 Å². The molecule has 0 radical (unpaired) electrons. The maximum atomic E-state index is 13.1. The third kappa shape index (κ3) is 7.03. The first-order valence-corrected chi connectivity index (χ1v) is 14.5. The van der Waals surface area contributed by atoms with Crippen molar-refractivity contribution in [1.29, 1.82) is 0 Å². The van der Waals surface area contributed by atoms with Crippen LogP contribution in [0.4, 0.5) is 11.4 Å². The number of amides is 1. The zero-order chi connectivity index (χ0) is 29.6. The van der Waals surface area contributed by atoms with Crippen molar-refractivity contribution < 1.29 is 22.7 Å². The van der Waals surface area contributed by atoms with Crippen molar-refractivity contribution >= 4 is 44.2 Å². The molecule has 0 aliphatic rings. The highest BCUT2D eigenvalue weighted by Crippen LogP contribution is 2.25. The first-order valence-electron chi connectivity index (χ1n) is 12.7. The Bertz CT molecular complexity index is 1730. The van der Waals surface area contributed by atoms with Crippen molar-refractivity contribution in [2.45, 2.75) is 25.9 Å². The molecule has 0 spiro atoms. The van der Waals surface area contributed by atoms with E-state index < -0.39 is 27.6 Å². The van der Waals surface area contributed by atoms with E-state index in [9.17, 15) is 22.8 Å². The fourth-order valence-corrected chi connectivity index (χ4v) is 5.34. The van der Waals surface area contributed by atoms with Gasteiger partial charge >= 0.3 is 5.97 Å². The summed E-state index contributed by atoms with van der Waals surface area (Å²) in [5.41, 5.74) is 2.07. The molecule has 0 fully saturated rings. The Balaban J connectivity index is 1.62. The first-order chi connectivity index (χ1) is 19.6. The summed E-state index contributed by atoms with van der Waals surface area (Å²) < 4.78 is 33.2. The van der Waals surface area contributed by atoms with Gasteiger partial charge in [0.1, 0.15) is 18.2 Å². The molecule has 1 atom stereocenters. The predicted molar refractivity (Wildman–Crippen MR) is 156 cm³/mol. The number of esters is 1. The van der Waals surface area contributed by atoms with E-state index in [0.717, 1.165) is 20.8 Å². The van der Waals surface area contributed by atoms with Crippen LogP contribution in [0.3, 0.4) is 0 Å². The summed E-state index contributed by atoms with van der Waals surface area (Å²) in [5.74, 6) is -1.22. The molecule has 212 valence electrons. The van der Waals surface area contributed by atoms with Gasteiger partial charge in [-0.05, 0) is 61.9 Å². The number of hydrogen-bond acceptors (Lipinski definition) is 8. The lowest BCUT2D eigenvalue weighted by Crippen LogP contribution is -2.46. The summed E-state index contributed by atoms with van der Waals surface area (Å²) in [6.07, 6.45) is 2.17. The smallest absolute Gasteiger partial charge is 0.330 e. The summed E-state index contributed by atoms with van der Waals surface area (Å²) in [7, 11) is -4.04. The van der Waals surface area contributed by atoms with Crippen molar-refractivity contribution in [1.82, 2.24) is 15.0 Å². The zero-order valence-electron chi connectivity index (χ0n) is 22.6. The number of hydrogen-bond donors (Lipinski definition) is 1. The predicted octanol–water partition coefficient (Wildman–Crippen LogP) is 3.31. The zero-order valence-corrected chi connectivity index (χ0v) is 23.4. The highest BCUT2D eigenvalue weighted by atomic mass is 32.2. The molecule has 1 N–H and O–H groups in total. The fraction of sp³-hybridized carbons (Fsp3) is 0.207. The van der Waals surface area contributed by atoms with Gasteiger partial charge in [-0.1, -0.05) is 47.7 Å². The van der Waals surface area contributed by atoms with Gasteiger partial charge in [0.2, 0.25) is 10.0 Å². The van der Waals surface area contributed by atoms with E-state index in [1.165, 1.54) is 30.3 Å². The number of carbonyl (C=O) groups is 2. The molecule has 0 aliphatic heterocycles. The van der Waals surface area contributed by atoms with Crippen LogP contribution in [0.25, 0.3) is 10.9 Å². The van der Waals surface area contributed by atoms with E-state index in [-0.39, 0.29) is 36.7 Å². The number of nitrogens with zero attached hydrogens (tertiary/aromatic N) is 4. The molecule has 1 unspecified atom stereocenters. The second kappa shape index (κ2) is 12.6. The van der Waals surface area contributed by atoms with Crippen molar-refractivity contribution in [3.05, 3.63) is 107 Å². The minimum Gasteiger partial charge on any atom is -0.460 e. The maximum absolute atomic E-state index is 13.1. The summed E-state index contributed by atoms with van der Waals surface area (Å²) >= 11 is 0. The molecular weight excluding hydrogens is 546 g/mol. The van der Waals surface area contributed by atoms with Crippen molar-refractivity contribution in [2.24, 2.45) is 0 Å². The van der Waals surface area contributed by atoms with Crippen LogP contribution in [0.2, 0.25) is 0 Å². The lowest BCUT2D eigenvalue weighted by Gasteiger charge is -2.30. The van der Waals surface area contributed by atoms with Gasteiger partial charge in [0, 0.05) is 17.8 Å². The average Bonchev–Trinajstić information content (AvgIpc) is 2.95. The molecule has 41 heavy (non-hydrogen) atoms.